The number of alkyl halides is 1. The first-order chi connectivity index (χ1) is 11.3. The van der Waals surface area contributed by atoms with E-state index >= 15 is 0 Å². The SMILES string of the molecule is Cn1ccnc1C(Cl)(c1ccccc1)c1ccc(C(C)(C)C)cc1. The van der Waals surface area contributed by atoms with Gasteiger partial charge < -0.3 is 4.57 Å². The van der Waals surface area contributed by atoms with Gasteiger partial charge in [0, 0.05) is 19.4 Å². The maximum absolute atomic E-state index is 7.25. The molecule has 1 heterocycles. The van der Waals surface area contributed by atoms with Crippen LogP contribution in [0.25, 0.3) is 0 Å². The first-order valence-corrected chi connectivity index (χ1v) is 8.54. The molecule has 3 heteroatoms. The van der Waals surface area contributed by atoms with Crippen LogP contribution in [-0.4, -0.2) is 9.55 Å². The second-order valence-corrected chi connectivity index (χ2v) is 7.78. The van der Waals surface area contributed by atoms with Gasteiger partial charge in [-0.3, -0.25) is 0 Å². The molecule has 0 aliphatic rings. The van der Waals surface area contributed by atoms with Crippen LogP contribution in [0.15, 0.2) is 67.0 Å². The number of hydrogen-bond donors (Lipinski definition) is 0. The Kier molecular flexibility index (Phi) is 4.27. The molecule has 0 saturated carbocycles. The van der Waals surface area contributed by atoms with Crippen LogP contribution in [0.3, 0.4) is 0 Å². The summed E-state index contributed by atoms with van der Waals surface area (Å²) in [4.78, 5) is 3.73. The molecule has 2 aromatic carbocycles. The van der Waals surface area contributed by atoms with Gasteiger partial charge in [0.25, 0.3) is 0 Å². The zero-order valence-corrected chi connectivity index (χ0v) is 15.4. The van der Waals surface area contributed by atoms with Gasteiger partial charge in [-0.05, 0) is 22.1 Å². The van der Waals surface area contributed by atoms with Crippen LogP contribution in [0.5, 0.6) is 0 Å². The van der Waals surface area contributed by atoms with E-state index in [1.165, 1.54) is 5.56 Å². The van der Waals surface area contributed by atoms with Crippen molar-refractivity contribution in [2.24, 2.45) is 7.05 Å². The molecular formula is C21H23ClN2. The molecule has 2 nitrogen and oxygen atoms in total. The molecule has 3 rings (SSSR count). The number of aromatic nitrogens is 2. The highest BCUT2D eigenvalue weighted by molar-refractivity contribution is 6.27. The van der Waals surface area contributed by atoms with Crippen LogP contribution in [0, 0.1) is 0 Å². The van der Waals surface area contributed by atoms with Gasteiger partial charge in [0.1, 0.15) is 5.82 Å². The lowest BCUT2D eigenvalue weighted by Gasteiger charge is -2.29. The zero-order valence-electron chi connectivity index (χ0n) is 14.6. The highest BCUT2D eigenvalue weighted by Gasteiger charge is 2.37. The van der Waals surface area contributed by atoms with Crippen LogP contribution in [-0.2, 0) is 17.3 Å². The van der Waals surface area contributed by atoms with Crippen LogP contribution in [0.4, 0.5) is 0 Å². The van der Waals surface area contributed by atoms with E-state index in [0.717, 1.165) is 17.0 Å². The molecule has 0 spiro atoms. The van der Waals surface area contributed by atoms with Gasteiger partial charge in [0.05, 0.1) is 0 Å². The standard InChI is InChI=1S/C21H23ClN2/c1-20(2,3)16-10-12-18(13-11-16)21(22,17-8-6-5-7-9-17)19-23-14-15-24(19)4/h5-15H,1-4H3. The summed E-state index contributed by atoms with van der Waals surface area (Å²) in [6, 6.07) is 18.7. The van der Waals surface area contributed by atoms with Crippen molar-refractivity contribution in [1.29, 1.82) is 0 Å². The number of nitrogens with zero attached hydrogens (tertiary/aromatic N) is 2. The number of rotatable bonds is 3. The Hall–Kier alpha value is -2.06. The van der Waals surface area contributed by atoms with E-state index in [9.17, 15) is 0 Å². The summed E-state index contributed by atoms with van der Waals surface area (Å²) < 4.78 is 1.98. The van der Waals surface area contributed by atoms with Crippen molar-refractivity contribution in [1.82, 2.24) is 9.55 Å². The third-order valence-electron chi connectivity index (χ3n) is 4.45. The first-order valence-electron chi connectivity index (χ1n) is 8.17. The fourth-order valence-corrected chi connectivity index (χ4v) is 3.42. The second kappa shape index (κ2) is 6.10. The lowest BCUT2D eigenvalue weighted by Crippen LogP contribution is -2.26. The van der Waals surface area contributed by atoms with Gasteiger partial charge in [0.15, 0.2) is 4.87 Å². The molecule has 1 unspecified atom stereocenters. The Bertz CT molecular complexity index is 813. The van der Waals surface area contributed by atoms with Crippen molar-refractivity contribution < 1.29 is 0 Å². The Morgan fingerprint density at radius 1 is 0.833 bits per heavy atom. The number of aryl methyl sites for hydroxylation is 1. The molecule has 0 amide bonds. The van der Waals surface area contributed by atoms with Crippen molar-refractivity contribution in [3.05, 3.63) is 89.5 Å². The highest BCUT2D eigenvalue weighted by Crippen LogP contribution is 2.42. The first kappa shape index (κ1) is 16.8. The van der Waals surface area contributed by atoms with Crippen LogP contribution in [0.2, 0.25) is 0 Å². The number of imidazole rings is 1. The minimum atomic E-state index is -0.810. The quantitative estimate of drug-likeness (QED) is 0.596. The number of hydrogen-bond acceptors (Lipinski definition) is 1. The average molecular weight is 339 g/mol. The summed E-state index contributed by atoms with van der Waals surface area (Å²) in [5.74, 6) is 0.818. The lowest BCUT2D eigenvalue weighted by molar-refractivity contribution is 0.589. The molecule has 0 saturated heterocycles. The van der Waals surface area contributed by atoms with E-state index in [0.29, 0.717) is 0 Å². The monoisotopic (exact) mass is 338 g/mol. The van der Waals surface area contributed by atoms with E-state index in [1.54, 1.807) is 6.20 Å². The molecule has 0 fully saturated rings. The van der Waals surface area contributed by atoms with Gasteiger partial charge >= 0.3 is 0 Å². The van der Waals surface area contributed by atoms with Crippen LogP contribution >= 0.6 is 11.6 Å². The predicted octanol–water partition coefficient (Wildman–Crippen LogP) is 5.25. The van der Waals surface area contributed by atoms with Gasteiger partial charge in [-0.15, -0.1) is 11.6 Å². The van der Waals surface area contributed by atoms with Crippen molar-refractivity contribution in [2.45, 2.75) is 31.1 Å². The predicted molar refractivity (Wildman–Crippen MR) is 101 cm³/mol. The van der Waals surface area contributed by atoms with Crippen molar-refractivity contribution in [2.75, 3.05) is 0 Å². The zero-order chi connectivity index (χ0) is 17.4. The van der Waals surface area contributed by atoms with Gasteiger partial charge in [0.2, 0.25) is 0 Å². The van der Waals surface area contributed by atoms with E-state index in [4.69, 9.17) is 11.6 Å². The van der Waals surface area contributed by atoms with E-state index in [2.05, 4.69) is 62.2 Å². The number of benzene rings is 2. The summed E-state index contributed by atoms with van der Waals surface area (Å²) in [7, 11) is 1.98. The van der Waals surface area contributed by atoms with E-state index in [1.807, 2.05) is 36.0 Å². The molecule has 124 valence electrons. The highest BCUT2D eigenvalue weighted by atomic mass is 35.5. The number of halogens is 1. The second-order valence-electron chi connectivity index (χ2n) is 7.21. The van der Waals surface area contributed by atoms with Crippen molar-refractivity contribution in [3.8, 4) is 0 Å². The van der Waals surface area contributed by atoms with Crippen molar-refractivity contribution in [3.63, 3.8) is 0 Å². The average Bonchev–Trinajstić information content (AvgIpc) is 3.01. The summed E-state index contributed by atoms with van der Waals surface area (Å²) in [6.07, 6.45) is 3.72. The molecule has 24 heavy (non-hydrogen) atoms. The topological polar surface area (TPSA) is 17.8 Å². The largest absolute Gasteiger partial charge is 0.336 e. The molecule has 3 aromatic rings. The molecule has 0 radical (unpaired) electrons. The molecule has 0 bridgehead atoms. The third kappa shape index (κ3) is 2.87. The van der Waals surface area contributed by atoms with Gasteiger partial charge in [-0.2, -0.15) is 0 Å². The smallest absolute Gasteiger partial charge is 0.152 e. The fourth-order valence-electron chi connectivity index (χ4n) is 2.99. The summed E-state index contributed by atoms with van der Waals surface area (Å²) in [5, 5.41) is 0. The lowest BCUT2D eigenvalue weighted by atomic mass is 9.83. The Labute approximate surface area is 149 Å². The maximum Gasteiger partial charge on any atom is 0.152 e. The maximum atomic E-state index is 7.25. The summed E-state index contributed by atoms with van der Waals surface area (Å²) in [5.41, 5.74) is 3.45. The Balaban J connectivity index is 2.18. The fraction of sp³-hybridized carbons (Fsp3) is 0.286. The summed E-state index contributed by atoms with van der Waals surface area (Å²) >= 11 is 7.25. The van der Waals surface area contributed by atoms with Crippen molar-refractivity contribution >= 4 is 11.6 Å². The van der Waals surface area contributed by atoms with Crippen LogP contribution in [0.1, 0.15) is 43.3 Å². The Morgan fingerprint density at radius 3 is 1.88 bits per heavy atom. The minimum Gasteiger partial charge on any atom is -0.336 e. The Morgan fingerprint density at radius 2 is 1.38 bits per heavy atom. The molecule has 1 atom stereocenters. The van der Waals surface area contributed by atoms with Gasteiger partial charge in [-0.25, -0.2) is 4.98 Å². The molecule has 0 aliphatic carbocycles. The third-order valence-corrected chi connectivity index (χ3v) is 5.06. The van der Waals surface area contributed by atoms with E-state index < -0.39 is 4.87 Å². The molecule has 0 N–H and O–H groups in total. The summed E-state index contributed by atoms with van der Waals surface area (Å²) in [6.45, 7) is 6.64. The molecular weight excluding hydrogens is 316 g/mol. The minimum absolute atomic E-state index is 0.115. The van der Waals surface area contributed by atoms with E-state index in [-0.39, 0.29) is 5.41 Å². The normalized spacial score (nSPS) is 14.4. The molecule has 1 aromatic heterocycles. The molecule has 0 aliphatic heterocycles. The van der Waals surface area contributed by atoms with Gasteiger partial charge in [-0.1, -0.05) is 75.4 Å². The van der Waals surface area contributed by atoms with Crippen LogP contribution < -0.4 is 0 Å².